The second-order valence-corrected chi connectivity index (χ2v) is 6.68. The van der Waals surface area contributed by atoms with Gasteiger partial charge in [0.2, 0.25) is 0 Å². The van der Waals surface area contributed by atoms with Crippen LogP contribution in [0.25, 0.3) is 0 Å². The summed E-state index contributed by atoms with van der Waals surface area (Å²) in [7, 11) is 0. The van der Waals surface area contributed by atoms with E-state index in [1.54, 1.807) is 0 Å². The SMILES string of the molecule is CC1COc2ccc(C(=O)C3CC4CC4C3)cc2OC1. The van der Waals surface area contributed by atoms with Gasteiger partial charge in [0.25, 0.3) is 0 Å². The van der Waals surface area contributed by atoms with Gasteiger partial charge >= 0.3 is 0 Å². The highest BCUT2D eigenvalue weighted by atomic mass is 16.5. The van der Waals surface area contributed by atoms with Crippen LogP contribution in [0.15, 0.2) is 18.2 Å². The lowest BCUT2D eigenvalue weighted by molar-refractivity contribution is 0.0914. The summed E-state index contributed by atoms with van der Waals surface area (Å²) in [6.07, 6.45) is 3.53. The van der Waals surface area contributed by atoms with E-state index in [0.29, 0.717) is 24.9 Å². The zero-order valence-corrected chi connectivity index (χ0v) is 11.8. The van der Waals surface area contributed by atoms with Crippen LogP contribution < -0.4 is 9.47 Å². The number of hydrogen-bond acceptors (Lipinski definition) is 3. The molecule has 3 heteroatoms. The average Bonchev–Trinajstić information content (AvgIpc) is 3.13. The number of ketones is 1. The Morgan fingerprint density at radius 2 is 1.75 bits per heavy atom. The van der Waals surface area contributed by atoms with Gasteiger partial charge in [-0.3, -0.25) is 4.79 Å². The van der Waals surface area contributed by atoms with Crippen LogP contribution in [0.4, 0.5) is 0 Å². The molecule has 3 unspecified atom stereocenters. The van der Waals surface area contributed by atoms with Crippen molar-refractivity contribution in [1.82, 2.24) is 0 Å². The summed E-state index contributed by atoms with van der Waals surface area (Å²) in [5, 5.41) is 0. The van der Waals surface area contributed by atoms with Crippen molar-refractivity contribution in [2.45, 2.75) is 26.2 Å². The summed E-state index contributed by atoms with van der Waals surface area (Å²) in [5.74, 6) is 4.07. The molecule has 20 heavy (non-hydrogen) atoms. The van der Waals surface area contributed by atoms with Crippen molar-refractivity contribution >= 4 is 5.78 Å². The number of benzene rings is 1. The van der Waals surface area contributed by atoms with Crippen molar-refractivity contribution in [3.05, 3.63) is 23.8 Å². The van der Waals surface area contributed by atoms with Gasteiger partial charge < -0.3 is 9.47 Å². The molecule has 3 aliphatic rings. The Morgan fingerprint density at radius 1 is 1.05 bits per heavy atom. The van der Waals surface area contributed by atoms with E-state index in [2.05, 4.69) is 6.92 Å². The zero-order valence-electron chi connectivity index (χ0n) is 11.8. The molecule has 3 atom stereocenters. The molecule has 1 aromatic rings. The van der Waals surface area contributed by atoms with Gasteiger partial charge in [0, 0.05) is 17.4 Å². The van der Waals surface area contributed by atoms with Crippen molar-refractivity contribution < 1.29 is 14.3 Å². The van der Waals surface area contributed by atoms with E-state index in [1.165, 1.54) is 6.42 Å². The Morgan fingerprint density at radius 3 is 2.50 bits per heavy atom. The molecule has 2 aliphatic carbocycles. The summed E-state index contributed by atoms with van der Waals surface area (Å²) in [5.41, 5.74) is 0.785. The quantitative estimate of drug-likeness (QED) is 0.775. The predicted octanol–water partition coefficient (Wildman–Crippen LogP) is 3.32. The highest BCUT2D eigenvalue weighted by Gasteiger charge is 2.48. The number of carbonyl (C=O) groups is 1. The van der Waals surface area contributed by atoms with Gasteiger partial charge in [-0.05, 0) is 49.3 Å². The third-order valence-corrected chi connectivity index (χ3v) is 4.89. The topological polar surface area (TPSA) is 35.5 Å². The number of carbonyl (C=O) groups excluding carboxylic acids is 1. The van der Waals surface area contributed by atoms with Crippen molar-refractivity contribution in [2.75, 3.05) is 13.2 Å². The van der Waals surface area contributed by atoms with Gasteiger partial charge in [0.1, 0.15) is 0 Å². The molecule has 1 aromatic carbocycles. The first-order chi connectivity index (χ1) is 9.70. The summed E-state index contributed by atoms with van der Waals surface area (Å²) >= 11 is 0. The van der Waals surface area contributed by atoms with Gasteiger partial charge in [-0.25, -0.2) is 0 Å². The Labute approximate surface area is 119 Å². The number of fused-ring (bicyclic) bond motifs is 2. The minimum Gasteiger partial charge on any atom is -0.489 e. The third-order valence-electron chi connectivity index (χ3n) is 4.89. The smallest absolute Gasteiger partial charge is 0.166 e. The molecule has 2 saturated carbocycles. The highest BCUT2D eigenvalue weighted by Crippen LogP contribution is 2.55. The van der Waals surface area contributed by atoms with Crippen LogP contribution in [0.3, 0.4) is 0 Å². The van der Waals surface area contributed by atoms with Crippen LogP contribution in [0.1, 0.15) is 36.5 Å². The van der Waals surface area contributed by atoms with Crippen LogP contribution >= 0.6 is 0 Å². The third kappa shape index (κ3) is 2.09. The number of ether oxygens (including phenoxy) is 2. The van der Waals surface area contributed by atoms with E-state index < -0.39 is 0 Å². The zero-order chi connectivity index (χ0) is 13.7. The largest absolute Gasteiger partial charge is 0.489 e. The lowest BCUT2D eigenvalue weighted by Gasteiger charge is -2.13. The van der Waals surface area contributed by atoms with Gasteiger partial charge in [-0.1, -0.05) is 6.92 Å². The molecular formula is C17H20O3. The number of Topliss-reactive ketones (excluding diaryl/α,β-unsaturated/α-hetero) is 1. The molecule has 4 rings (SSSR count). The maximum Gasteiger partial charge on any atom is 0.166 e. The molecule has 0 saturated heterocycles. The second-order valence-electron chi connectivity index (χ2n) is 6.68. The minimum atomic E-state index is 0.238. The Bertz CT molecular complexity index is 541. The van der Waals surface area contributed by atoms with E-state index in [1.807, 2.05) is 18.2 Å². The molecular weight excluding hydrogens is 252 g/mol. The monoisotopic (exact) mass is 272 g/mol. The standard InChI is InChI=1S/C17H20O3/c1-10-8-19-15-3-2-11(7-16(15)20-9-10)17(18)14-5-12-4-13(12)6-14/h2-3,7,10,12-14H,4-6,8-9H2,1H3. The van der Waals surface area contributed by atoms with Crippen LogP contribution in [0.2, 0.25) is 0 Å². The Balaban J connectivity index is 1.55. The fourth-order valence-electron chi connectivity index (χ4n) is 3.57. The van der Waals surface area contributed by atoms with E-state index in [9.17, 15) is 4.79 Å². The van der Waals surface area contributed by atoms with Crippen LogP contribution in [-0.2, 0) is 0 Å². The minimum absolute atomic E-state index is 0.238. The van der Waals surface area contributed by atoms with Gasteiger partial charge in [-0.2, -0.15) is 0 Å². The second kappa shape index (κ2) is 4.51. The highest BCUT2D eigenvalue weighted by molar-refractivity contribution is 5.98. The number of rotatable bonds is 2. The molecule has 0 radical (unpaired) electrons. The Hall–Kier alpha value is -1.51. The molecule has 0 N–H and O–H groups in total. The van der Waals surface area contributed by atoms with Gasteiger partial charge in [0.05, 0.1) is 13.2 Å². The first kappa shape index (κ1) is 12.2. The van der Waals surface area contributed by atoms with Crippen molar-refractivity contribution in [2.24, 2.45) is 23.7 Å². The molecule has 106 valence electrons. The molecule has 2 fully saturated rings. The van der Waals surface area contributed by atoms with Crippen LogP contribution in [0.5, 0.6) is 11.5 Å². The van der Waals surface area contributed by atoms with E-state index in [0.717, 1.165) is 41.7 Å². The fraction of sp³-hybridized carbons (Fsp3) is 0.588. The lowest BCUT2D eigenvalue weighted by Crippen LogP contribution is -2.13. The normalized spacial score (nSPS) is 34.2. The molecule has 0 bridgehead atoms. The molecule has 1 aliphatic heterocycles. The predicted molar refractivity (Wildman–Crippen MR) is 75.2 cm³/mol. The maximum absolute atomic E-state index is 12.6. The van der Waals surface area contributed by atoms with Gasteiger partial charge in [-0.15, -0.1) is 0 Å². The first-order valence-corrected chi connectivity index (χ1v) is 7.64. The molecule has 3 nitrogen and oxygen atoms in total. The van der Waals surface area contributed by atoms with Gasteiger partial charge in [0.15, 0.2) is 17.3 Å². The summed E-state index contributed by atoms with van der Waals surface area (Å²) < 4.78 is 11.5. The van der Waals surface area contributed by atoms with E-state index in [4.69, 9.17) is 9.47 Å². The summed E-state index contributed by atoms with van der Waals surface area (Å²) in [6.45, 7) is 3.42. The van der Waals surface area contributed by atoms with E-state index in [-0.39, 0.29) is 5.92 Å². The first-order valence-electron chi connectivity index (χ1n) is 7.64. The molecule has 0 aromatic heterocycles. The molecule has 0 spiro atoms. The van der Waals surface area contributed by atoms with Crippen molar-refractivity contribution in [3.8, 4) is 11.5 Å². The van der Waals surface area contributed by atoms with Crippen LogP contribution in [-0.4, -0.2) is 19.0 Å². The summed E-state index contributed by atoms with van der Waals surface area (Å²) in [4.78, 5) is 12.6. The molecule has 1 heterocycles. The maximum atomic E-state index is 12.6. The van der Waals surface area contributed by atoms with E-state index >= 15 is 0 Å². The van der Waals surface area contributed by atoms with Crippen LogP contribution in [0, 0.1) is 23.7 Å². The Kier molecular flexibility index (Phi) is 2.76. The fourth-order valence-corrected chi connectivity index (χ4v) is 3.57. The molecule has 0 amide bonds. The van der Waals surface area contributed by atoms with Crippen molar-refractivity contribution in [3.63, 3.8) is 0 Å². The average molecular weight is 272 g/mol. The summed E-state index contributed by atoms with van der Waals surface area (Å²) in [6, 6.07) is 5.65. The van der Waals surface area contributed by atoms with Crippen molar-refractivity contribution in [1.29, 1.82) is 0 Å². The lowest BCUT2D eigenvalue weighted by atomic mass is 9.93. The number of hydrogen-bond donors (Lipinski definition) is 0.